The molecule has 1 aliphatic carbocycles. The van der Waals surface area contributed by atoms with Gasteiger partial charge in [0.25, 0.3) is 0 Å². The Labute approximate surface area is 126 Å². The third kappa shape index (κ3) is 3.70. The standard InChI is InChI=1S/C17H24N4/c1-14(15-7-10-18-11-8-15)19-13-16-9-12-21(20-16)17-5-3-2-4-6-17/h7-12,14,17,19H,2-6,13H2,1H3/t14-/m1/s1. The van der Waals surface area contributed by atoms with Crippen LogP contribution < -0.4 is 5.32 Å². The SMILES string of the molecule is C[C@@H](NCc1ccn(C2CCCCC2)n1)c1ccncc1. The van der Waals surface area contributed by atoms with Gasteiger partial charge in [-0.3, -0.25) is 9.67 Å². The largest absolute Gasteiger partial charge is 0.304 e. The highest BCUT2D eigenvalue weighted by Crippen LogP contribution is 2.27. The van der Waals surface area contributed by atoms with E-state index in [9.17, 15) is 0 Å². The number of nitrogens with zero attached hydrogens (tertiary/aromatic N) is 3. The number of hydrogen-bond acceptors (Lipinski definition) is 3. The zero-order valence-corrected chi connectivity index (χ0v) is 12.7. The number of hydrogen-bond donors (Lipinski definition) is 1. The van der Waals surface area contributed by atoms with E-state index in [-0.39, 0.29) is 0 Å². The van der Waals surface area contributed by atoms with Crippen LogP contribution in [0.3, 0.4) is 0 Å². The molecule has 1 atom stereocenters. The van der Waals surface area contributed by atoms with Crippen LogP contribution in [0.5, 0.6) is 0 Å². The van der Waals surface area contributed by atoms with E-state index in [2.05, 4.69) is 46.3 Å². The molecule has 0 radical (unpaired) electrons. The van der Waals surface area contributed by atoms with Crippen LogP contribution in [0.1, 0.15) is 62.4 Å². The van der Waals surface area contributed by atoms with E-state index in [1.165, 1.54) is 37.7 Å². The summed E-state index contributed by atoms with van der Waals surface area (Å²) in [5.41, 5.74) is 2.39. The van der Waals surface area contributed by atoms with E-state index in [1.807, 2.05) is 12.4 Å². The second kappa shape index (κ2) is 6.85. The first kappa shape index (κ1) is 14.3. The van der Waals surface area contributed by atoms with Gasteiger partial charge in [-0.05, 0) is 43.5 Å². The van der Waals surface area contributed by atoms with E-state index in [0.717, 1.165) is 12.2 Å². The molecular weight excluding hydrogens is 260 g/mol. The van der Waals surface area contributed by atoms with Gasteiger partial charge in [0.15, 0.2) is 0 Å². The molecule has 112 valence electrons. The lowest BCUT2D eigenvalue weighted by Crippen LogP contribution is -2.19. The van der Waals surface area contributed by atoms with Crippen LogP contribution in [-0.4, -0.2) is 14.8 Å². The summed E-state index contributed by atoms with van der Waals surface area (Å²) in [6.07, 6.45) is 12.5. The van der Waals surface area contributed by atoms with E-state index in [0.29, 0.717) is 12.1 Å². The Morgan fingerprint density at radius 2 is 1.95 bits per heavy atom. The van der Waals surface area contributed by atoms with Gasteiger partial charge in [0.2, 0.25) is 0 Å². The van der Waals surface area contributed by atoms with Crippen molar-refractivity contribution in [2.45, 2.75) is 57.7 Å². The second-order valence-corrected chi connectivity index (χ2v) is 5.96. The lowest BCUT2D eigenvalue weighted by molar-refractivity contribution is 0.327. The molecule has 0 saturated heterocycles. The van der Waals surface area contributed by atoms with E-state index in [4.69, 9.17) is 5.10 Å². The van der Waals surface area contributed by atoms with Gasteiger partial charge >= 0.3 is 0 Å². The zero-order chi connectivity index (χ0) is 14.5. The maximum absolute atomic E-state index is 4.74. The molecule has 1 N–H and O–H groups in total. The molecule has 1 aliphatic rings. The molecular formula is C17H24N4. The van der Waals surface area contributed by atoms with Gasteiger partial charge < -0.3 is 5.32 Å². The van der Waals surface area contributed by atoms with Crippen LogP contribution in [-0.2, 0) is 6.54 Å². The average Bonchev–Trinajstić information content (AvgIpc) is 3.03. The molecule has 4 nitrogen and oxygen atoms in total. The maximum Gasteiger partial charge on any atom is 0.0762 e. The number of nitrogens with one attached hydrogen (secondary N) is 1. The van der Waals surface area contributed by atoms with Gasteiger partial charge in [-0.25, -0.2) is 0 Å². The minimum absolute atomic E-state index is 0.313. The van der Waals surface area contributed by atoms with Gasteiger partial charge in [0.05, 0.1) is 11.7 Å². The van der Waals surface area contributed by atoms with Gasteiger partial charge in [0, 0.05) is 31.2 Å². The Morgan fingerprint density at radius 3 is 2.71 bits per heavy atom. The molecule has 2 aromatic rings. The maximum atomic E-state index is 4.74. The topological polar surface area (TPSA) is 42.7 Å². The summed E-state index contributed by atoms with van der Waals surface area (Å²) in [5.74, 6) is 0. The molecule has 0 aliphatic heterocycles. The van der Waals surface area contributed by atoms with Gasteiger partial charge in [-0.1, -0.05) is 19.3 Å². The molecule has 0 amide bonds. The van der Waals surface area contributed by atoms with Crippen molar-refractivity contribution in [2.24, 2.45) is 0 Å². The smallest absolute Gasteiger partial charge is 0.0762 e. The van der Waals surface area contributed by atoms with Crippen molar-refractivity contribution in [3.63, 3.8) is 0 Å². The summed E-state index contributed by atoms with van der Waals surface area (Å²) in [6, 6.07) is 7.18. The van der Waals surface area contributed by atoms with E-state index >= 15 is 0 Å². The van der Waals surface area contributed by atoms with Crippen molar-refractivity contribution in [1.82, 2.24) is 20.1 Å². The second-order valence-electron chi connectivity index (χ2n) is 5.96. The molecule has 1 fully saturated rings. The van der Waals surface area contributed by atoms with Gasteiger partial charge in [-0.2, -0.15) is 5.10 Å². The molecule has 0 unspecified atom stereocenters. The third-order valence-corrected chi connectivity index (χ3v) is 4.41. The molecule has 2 heterocycles. The summed E-state index contributed by atoms with van der Waals surface area (Å²) >= 11 is 0. The summed E-state index contributed by atoms with van der Waals surface area (Å²) in [5, 5.41) is 8.27. The number of pyridine rings is 1. The van der Waals surface area contributed by atoms with E-state index in [1.54, 1.807) is 0 Å². The Morgan fingerprint density at radius 1 is 1.19 bits per heavy atom. The summed E-state index contributed by atoms with van der Waals surface area (Å²) < 4.78 is 2.17. The Hall–Kier alpha value is -1.68. The van der Waals surface area contributed by atoms with Crippen LogP contribution in [0.15, 0.2) is 36.8 Å². The first-order chi connectivity index (χ1) is 10.3. The molecule has 3 rings (SSSR count). The lowest BCUT2D eigenvalue weighted by atomic mass is 9.96. The summed E-state index contributed by atoms with van der Waals surface area (Å²) in [7, 11) is 0. The van der Waals surface area contributed by atoms with Crippen LogP contribution in [0, 0.1) is 0 Å². The molecule has 1 saturated carbocycles. The van der Waals surface area contributed by atoms with Crippen LogP contribution in [0.2, 0.25) is 0 Å². The summed E-state index contributed by atoms with van der Waals surface area (Å²) in [6.45, 7) is 2.98. The molecule has 4 heteroatoms. The molecule has 21 heavy (non-hydrogen) atoms. The first-order valence-electron chi connectivity index (χ1n) is 8.00. The number of aromatic nitrogens is 3. The molecule has 0 bridgehead atoms. The fraction of sp³-hybridized carbons (Fsp3) is 0.529. The highest BCUT2D eigenvalue weighted by atomic mass is 15.3. The Kier molecular flexibility index (Phi) is 4.65. The average molecular weight is 284 g/mol. The first-order valence-corrected chi connectivity index (χ1v) is 8.00. The van der Waals surface area contributed by atoms with Crippen LogP contribution in [0.25, 0.3) is 0 Å². The fourth-order valence-electron chi connectivity index (χ4n) is 3.05. The predicted molar refractivity (Wildman–Crippen MR) is 83.8 cm³/mol. The molecule has 0 spiro atoms. The number of rotatable bonds is 5. The van der Waals surface area contributed by atoms with E-state index < -0.39 is 0 Å². The highest BCUT2D eigenvalue weighted by Gasteiger charge is 2.16. The Balaban J connectivity index is 1.55. The fourth-order valence-corrected chi connectivity index (χ4v) is 3.05. The van der Waals surface area contributed by atoms with Crippen LogP contribution >= 0.6 is 0 Å². The zero-order valence-electron chi connectivity index (χ0n) is 12.7. The van der Waals surface area contributed by atoms with Gasteiger partial charge in [0.1, 0.15) is 0 Å². The predicted octanol–water partition coefficient (Wildman–Crippen LogP) is 3.63. The van der Waals surface area contributed by atoms with Crippen LogP contribution in [0.4, 0.5) is 0 Å². The van der Waals surface area contributed by atoms with Crippen molar-refractivity contribution < 1.29 is 0 Å². The summed E-state index contributed by atoms with van der Waals surface area (Å²) in [4.78, 5) is 4.06. The normalized spacial score (nSPS) is 17.8. The molecule has 0 aromatic carbocycles. The van der Waals surface area contributed by atoms with Gasteiger partial charge in [-0.15, -0.1) is 0 Å². The Bertz CT molecular complexity index is 543. The van der Waals surface area contributed by atoms with Crippen molar-refractivity contribution in [2.75, 3.05) is 0 Å². The van der Waals surface area contributed by atoms with Crippen molar-refractivity contribution in [1.29, 1.82) is 0 Å². The monoisotopic (exact) mass is 284 g/mol. The minimum atomic E-state index is 0.313. The lowest BCUT2D eigenvalue weighted by Gasteiger charge is -2.21. The highest BCUT2D eigenvalue weighted by molar-refractivity contribution is 5.14. The van der Waals surface area contributed by atoms with Crippen molar-refractivity contribution in [3.8, 4) is 0 Å². The quantitative estimate of drug-likeness (QED) is 0.911. The molecule has 2 aromatic heterocycles. The van der Waals surface area contributed by atoms with Crippen molar-refractivity contribution in [3.05, 3.63) is 48.0 Å². The minimum Gasteiger partial charge on any atom is -0.304 e. The third-order valence-electron chi connectivity index (χ3n) is 4.41. The van der Waals surface area contributed by atoms with Crippen molar-refractivity contribution >= 4 is 0 Å².